The maximum Gasteiger partial charge on any atom is 0.388 e. The number of hydrogen-bond donors (Lipinski definition) is 0. The molecule has 1 heterocycles. The van der Waals surface area contributed by atoms with Gasteiger partial charge in [-0.3, -0.25) is 4.79 Å². The minimum absolute atomic E-state index is 0.153. The number of methoxy groups -OCH3 is 1. The van der Waals surface area contributed by atoms with E-state index in [0.717, 1.165) is 16.7 Å². The van der Waals surface area contributed by atoms with Crippen LogP contribution in [0.2, 0.25) is 5.02 Å². The van der Waals surface area contributed by atoms with Gasteiger partial charge in [-0.2, -0.15) is 8.78 Å². The van der Waals surface area contributed by atoms with E-state index >= 15 is 0 Å². The van der Waals surface area contributed by atoms with E-state index in [0.29, 0.717) is 22.6 Å². The predicted molar refractivity (Wildman–Crippen MR) is 118 cm³/mol. The molecule has 7 heteroatoms. The van der Waals surface area contributed by atoms with Crippen LogP contribution in [0.25, 0.3) is 11.1 Å². The molecule has 164 valence electrons. The van der Waals surface area contributed by atoms with Crippen LogP contribution in [-0.2, 0) is 22.4 Å². The molecule has 0 unspecified atom stereocenters. The summed E-state index contributed by atoms with van der Waals surface area (Å²) in [5.74, 6) is -0.456. The lowest BCUT2D eigenvalue weighted by molar-refractivity contribution is -0.139. The van der Waals surface area contributed by atoms with Crippen LogP contribution < -0.4 is 4.74 Å². The lowest BCUT2D eigenvalue weighted by Gasteiger charge is -2.12. The van der Waals surface area contributed by atoms with E-state index in [2.05, 4.69) is 14.5 Å². The van der Waals surface area contributed by atoms with Crippen molar-refractivity contribution in [3.63, 3.8) is 0 Å². The van der Waals surface area contributed by atoms with Crippen molar-refractivity contribution in [1.29, 1.82) is 0 Å². The molecule has 0 fully saturated rings. The van der Waals surface area contributed by atoms with Gasteiger partial charge in [0.2, 0.25) is 5.88 Å². The summed E-state index contributed by atoms with van der Waals surface area (Å²) in [5, 5.41) is 0.483. The fraction of sp³-hybridized carbons (Fsp3) is 0.250. The molecule has 3 aromatic rings. The predicted octanol–water partition coefficient (Wildman–Crippen LogP) is 6.34. The molecule has 0 atom stereocenters. The van der Waals surface area contributed by atoms with Gasteiger partial charge in [0.05, 0.1) is 13.5 Å². The molecule has 2 aromatic carbocycles. The molecule has 0 aliphatic heterocycles. The van der Waals surface area contributed by atoms with Crippen molar-refractivity contribution in [2.75, 3.05) is 7.11 Å². The Morgan fingerprint density at radius 1 is 1.03 bits per heavy atom. The average molecular weight is 448 g/mol. The van der Waals surface area contributed by atoms with Crippen molar-refractivity contribution in [3.8, 4) is 17.0 Å². The van der Waals surface area contributed by atoms with Crippen LogP contribution in [0.15, 0.2) is 60.8 Å². The molecule has 31 heavy (non-hydrogen) atoms. The van der Waals surface area contributed by atoms with Crippen molar-refractivity contribution in [1.82, 2.24) is 4.98 Å². The van der Waals surface area contributed by atoms with Crippen LogP contribution in [0.5, 0.6) is 5.88 Å². The van der Waals surface area contributed by atoms with Crippen LogP contribution in [-0.4, -0.2) is 24.7 Å². The van der Waals surface area contributed by atoms with Gasteiger partial charge in [0, 0.05) is 16.8 Å². The molecule has 0 N–H and O–H groups in total. The first kappa shape index (κ1) is 24.3. The first-order valence-corrected chi connectivity index (χ1v) is 10.2. The van der Waals surface area contributed by atoms with Crippen molar-refractivity contribution in [2.45, 2.75) is 33.3 Å². The van der Waals surface area contributed by atoms with Crippen LogP contribution in [0.3, 0.4) is 0 Å². The molecule has 0 spiro atoms. The topological polar surface area (TPSA) is 48.4 Å². The fourth-order valence-corrected chi connectivity index (χ4v) is 3.07. The number of esters is 1. The van der Waals surface area contributed by atoms with Crippen molar-refractivity contribution < 1.29 is 23.0 Å². The zero-order valence-corrected chi connectivity index (χ0v) is 18.3. The second kappa shape index (κ2) is 12.0. The Hall–Kier alpha value is -2.99. The molecular weight excluding hydrogens is 424 g/mol. The number of hydrogen-bond acceptors (Lipinski definition) is 4. The summed E-state index contributed by atoms with van der Waals surface area (Å²) in [4.78, 5) is 15.4. The molecule has 0 bridgehead atoms. The van der Waals surface area contributed by atoms with E-state index in [9.17, 15) is 13.6 Å². The second-order valence-corrected chi connectivity index (χ2v) is 6.77. The number of ether oxygens (including phenoxy) is 2. The Balaban J connectivity index is 0.00000166. The van der Waals surface area contributed by atoms with E-state index in [4.69, 9.17) is 11.6 Å². The summed E-state index contributed by atoms with van der Waals surface area (Å²) in [7, 11) is 1.35. The Morgan fingerprint density at radius 2 is 1.71 bits per heavy atom. The van der Waals surface area contributed by atoms with Gasteiger partial charge in [-0.15, -0.1) is 0 Å². The zero-order valence-electron chi connectivity index (χ0n) is 17.6. The van der Waals surface area contributed by atoms with Gasteiger partial charge < -0.3 is 9.47 Å². The van der Waals surface area contributed by atoms with Gasteiger partial charge in [-0.25, -0.2) is 4.98 Å². The number of nitrogens with zero attached hydrogens (tertiary/aromatic N) is 1. The van der Waals surface area contributed by atoms with E-state index in [1.54, 1.807) is 30.3 Å². The molecule has 0 saturated heterocycles. The van der Waals surface area contributed by atoms with Crippen LogP contribution in [0.4, 0.5) is 8.78 Å². The molecule has 0 radical (unpaired) electrons. The fourth-order valence-electron chi connectivity index (χ4n) is 2.88. The van der Waals surface area contributed by atoms with Gasteiger partial charge in [0.15, 0.2) is 0 Å². The van der Waals surface area contributed by atoms with Crippen molar-refractivity contribution in [2.24, 2.45) is 0 Å². The summed E-state index contributed by atoms with van der Waals surface area (Å²) in [6, 6.07) is 16.1. The Labute approximate surface area is 185 Å². The third kappa shape index (κ3) is 7.33. The highest BCUT2D eigenvalue weighted by Crippen LogP contribution is 2.32. The number of alkyl halides is 2. The largest absolute Gasteiger partial charge is 0.469 e. The van der Waals surface area contributed by atoms with E-state index in [-0.39, 0.29) is 18.3 Å². The quantitative estimate of drug-likeness (QED) is 0.397. The highest BCUT2D eigenvalue weighted by atomic mass is 35.5. The average Bonchev–Trinajstić information content (AvgIpc) is 2.77. The molecule has 0 aliphatic carbocycles. The minimum Gasteiger partial charge on any atom is -0.469 e. The van der Waals surface area contributed by atoms with Gasteiger partial charge >= 0.3 is 12.6 Å². The van der Waals surface area contributed by atoms with Crippen molar-refractivity contribution >= 4 is 17.6 Å². The minimum atomic E-state index is -2.98. The molecular formula is C24H24ClF2NO3. The lowest BCUT2D eigenvalue weighted by Crippen LogP contribution is -2.06. The van der Waals surface area contributed by atoms with Gasteiger partial charge in [-0.1, -0.05) is 61.8 Å². The summed E-state index contributed by atoms with van der Waals surface area (Å²) in [6.45, 7) is 1.02. The van der Waals surface area contributed by atoms with E-state index in [1.807, 2.05) is 38.1 Å². The Bertz CT molecular complexity index is 994. The molecule has 4 nitrogen and oxygen atoms in total. The Kier molecular flexibility index (Phi) is 9.40. The number of carbonyl (C=O) groups is 1. The molecule has 0 amide bonds. The number of carbonyl (C=O) groups excluding carboxylic acids is 1. The smallest absolute Gasteiger partial charge is 0.388 e. The molecule has 1 aromatic heterocycles. The molecule has 3 rings (SSSR count). The number of pyridine rings is 1. The summed E-state index contributed by atoms with van der Waals surface area (Å²) in [5.41, 5.74) is 3.73. The van der Waals surface area contributed by atoms with Crippen molar-refractivity contribution in [3.05, 3.63) is 82.5 Å². The van der Waals surface area contributed by atoms with Gasteiger partial charge in [0.25, 0.3) is 0 Å². The third-order valence-corrected chi connectivity index (χ3v) is 4.49. The monoisotopic (exact) mass is 447 g/mol. The summed E-state index contributed by atoms with van der Waals surface area (Å²) < 4.78 is 34.8. The maximum atomic E-state index is 12.8. The van der Waals surface area contributed by atoms with Crippen LogP contribution >= 0.6 is 11.6 Å². The first-order valence-electron chi connectivity index (χ1n) is 9.79. The van der Waals surface area contributed by atoms with Crippen LogP contribution in [0.1, 0.15) is 30.5 Å². The van der Waals surface area contributed by atoms with Crippen LogP contribution in [0, 0.1) is 0 Å². The zero-order chi connectivity index (χ0) is 22.8. The maximum absolute atomic E-state index is 12.8. The Morgan fingerprint density at radius 3 is 2.32 bits per heavy atom. The number of rotatable bonds is 7. The lowest BCUT2D eigenvalue weighted by atomic mass is 10.0. The highest BCUT2D eigenvalue weighted by molar-refractivity contribution is 6.30. The normalized spacial score (nSPS) is 10.3. The highest BCUT2D eigenvalue weighted by Gasteiger charge is 2.14. The third-order valence-electron chi connectivity index (χ3n) is 4.25. The van der Waals surface area contributed by atoms with Gasteiger partial charge in [-0.05, 0) is 46.9 Å². The summed E-state index contributed by atoms with van der Waals surface area (Å²) >= 11 is 6.04. The standard InChI is InChI=1S/C22H18ClF2NO3.C2H6/c1-28-20(27)11-15-7-5-14(6-8-15)9-16-10-19(17-3-2-4-18(23)12-17)21(26-13-16)29-22(24)25;1-2/h2-8,10,12-13,22H,9,11H2,1H3;1-2H3. The number of halogens is 3. The van der Waals surface area contributed by atoms with E-state index < -0.39 is 6.61 Å². The first-order chi connectivity index (χ1) is 14.9. The molecule has 0 aliphatic rings. The summed E-state index contributed by atoms with van der Waals surface area (Å²) in [6.07, 6.45) is 2.25. The number of benzene rings is 2. The SMILES string of the molecule is CC.COC(=O)Cc1ccc(Cc2cnc(OC(F)F)c(-c3cccc(Cl)c3)c2)cc1. The second-order valence-electron chi connectivity index (χ2n) is 6.33. The van der Waals surface area contributed by atoms with E-state index in [1.165, 1.54) is 13.3 Å². The van der Waals surface area contributed by atoms with Gasteiger partial charge in [0.1, 0.15) is 0 Å². The number of aromatic nitrogens is 1. The molecule has 0 saturated carbocycles.